The van der Waals surface area contributed by atoms with Crippen LogP contribution in [-0.2, 0) is 46.4 Å². The van der Waals surface area contributed by atoms with E-state index in [-0.39, 0.29) is 12.5 Å². The van der Waals surface area contributed by atoms with Crippen LogP contribution in [0.4, 0.5) is 10.5 Å². The summed E-state index contributed by atoms with van der Waals surface area (Å²) in [6.45, 7) is 3.51. The third kappa shape index (κ3) is 4.45. The van der Waals surface area contributed by atoms with Crippen molar-refractivity contribution in [3.05, 3.63) is 52.6 Å². The van der Waals surface area contributed by atoms with E-state index in [1.807, 2.05) is 0 Å². The van der Waals surface area contributed by atoms with Crippen LogP contribution < -0.4 is 5.32 Å². The summed E-state index contributed by atoms with van der Waals surface area (Å²) in [4.78, 5) is 33.6. The SMILES string of the molecule is CC(C)OC(=O)C(Cc1ncccn1)OC(=O)Nc1c2c(cc3c1CCC3)CCC2. The van der Waals surface area contributed by atoms with Gasteiger partial charge in [-0.2, -0.15) is 0 Å². The second kappa shape index (κ2) is 8.81. The van der Waals surface area contributed by atoms with Gasteiger partial charge in [-0.1, -0.05) is 6.07 Å². The van der Waals surface area contributed by atoms with Gasteiger partial charge in [0.05, 0.1) is 18.2 Å². The number of fused-ring (bicyclic) bond motifs is 2. The van der Waals surface area contributed by atoms with E-state index in [0.29, 0.717) is 5.82 Å². The molecular weight excluding hydrogens is 382 g/mol. The molecule has 0 saturated heterocycles. The number of rotatable bonds is 6. The smallest absolute Gasteiger partial charge is 0.412 e. The van der Waals surface area contributed by atoms with Crippen LogP contribution >= 0.6 is 0 Å². The number of aryl methyl sites for hydroxylation is 2. The average molecular weight is 409 g/mol. The topological polar surface area (TPSA) is 90.4 Å². The summed E-state index contributed by atoms with van der Waals surface area (Å²) < 4.78 is 10.8. The van der Waals surface area contributed by atoms with Crippen molar-refractivity contribution in [2.45, 2.75) is 71.0 Å². The van der Waals surface area contributed by atoms with Crippen LogP contribution in [0.25, 0.3) is 0 Å². The second-order valence-corrected chi connectivity index (χ2v) is 8.11. The lowest BCUT2D eigenvalue weighted by atomic mass is 9.99. The molecule has 2 aliphatic carbocycles. The van der Waals surface area contributed by atoms with Gasteiger partial charge in [0.2, 0.25) is 6.10 Å². The summed E-state index contributed by atoms with van der Waals surface area (Å²) in [5.74, 6) is -0.186. The van der Waals surface area contributed by atoms with E-state index in [2.05, 4.69) is 21.4 Å². The number of carbonyl (C=O) groups is 2. The highest BCUT2D eigenvalue weighted by Crippen LogP contribution is 2.38. The van der Waals surface area contributed by atoms with Gasteiger partial charge in [-0.15, -0.1) is 0 Å². The maximum atomic E-state index is 12.8. The van der Waals surface area contributed by atoms with Gasteiger partial charge in [0, 0.05) is 12.4 Å². The van der Waals surface area contributed by atoms with Crippen molar-refractivity contribution in [1.82, 2.24) is 9.97 Å². The molecule has 1 atom stereocenters. The van der Waals surface area contributed by atoms with Crippen LogP contribution in [0, 0.1) is 0 Å². The lowest BCUT2D eigenvalue weighted by Gasteiger charge is -2.20. The zero-order valence-corrected chi connectivity index (χ0v) is 17.4. The number of carbonyl (C=O) groups excluding carboxylic acids is 2. The van der Waals surface area contributed by atoms with Gasteiger partial charge in [-0.05, 0) is 80.7 Å². The first-order valence-corrected chi connectivity index (χ1v) is 10.6. The Kier molecular flexibility index (Phi) is 5.97. The second-order valence-electron chi connectivity index (χ2n) is 8.11. The average Bonchev–Trinajstić information content (AvgIpc) is 3.37. The number of hydrogen-bond acceptors (Lipinski definition) is 6. The van der Waals surface area contributed by atoms with Gasteiger partial charge < -0.3 is 9.47 Å². The lowest BCUT2D eigenvalue weighted by molar-refractivity contribution is -0.157. The van der Waals surface area contributed by atoms with Gasteiger partial charge >= 0.3 is 12.1 Å². The van der Waals surface area contributed by atoms with E-state index >= 15 is 0 Å². The van der Waals surface area contributed by atoms with E-state index in [4.69, 9.17) is 9.47 Å². The molecule has 1 aromatic carbocycles. The highest BCUT2D eigenvalue weighted by molar-refractivity contribution is 5.90. The van der Waals surface area contributed by atoms with E-state index in [9.17, 15) is 9.59 Å². The molecule has 0 radical (unpaired) electrons. The van der Waals surface area contributed by atoms with Crippen molar-refractivity contribution in [3.8, 4) is 0 Å². The standard InChI is InChI=1S/C23H27N3O4/c1-14(2)29-22(27)19(13-20-24-10-5-11-25-20)30-23(28)26-21-17-8-3-6-15(17)12-16-7-4-9-18(16)21/h5,10-12,14,19H,3-4,6-9,13H2,1-2H3,(H,26,28). The lowest BCUT2D eigenvalue weighted by Crippen LogP contribution is -2.35. The van der Waals surface area contributed by atoms with Crippen LogP contribution in [0.5, 0.6) is 0 Å². The minimum absolute atomic E-state index is 0.0603. The van der Waals surface area contributed by atoms with Gasteiger partial charge in [-0.3, -0.25) is 5.32 Å². The number of esters is 1. The van der Waals surface area contributed by atoms with Crippen LogP contribution in [0.3, 0.4) is 0 Å². The van der Waals surface area contributed by atoms with Crippen LogP contribution in [0.1, 0.15) is 54.8 Å². The first-order chi connectivity index (χ1) is 14.5. The highest BCUT2D eigenvalue weighted by atomic mass is 16.6. The molecule has 0 aliphatic heterocycles. The first-order valence-electron chi connectivity index (χ1n) is 10.6. The normalized spacial score (nSPS) is 15.4. The predicted molar refractivity (Wildman–Crippen MR) is 111 cm³/mol. The molecule has 1 N–H and O–H groups in total. The maximum absolute atomic E-state index is 12.8. The zero-order valence-electron chi connectivity index (χ0n) is 17.4. The van der Waals surface area contributed by atoms with Crippen molar-refractivity contribution in [2.24, 2.45) is 0 Å². The molecule has 4 rings (SSSR count). The first kappa shape index (κ1) is 20.3. The number of aromatic nitrogens is 2. The highest BCUT2D eigenvalue weighted by Gasteiger charge is 2.29. The molecule has 0 fully saturated rings. The quantitative estimate of drug-likeness (QED) is 0.734. The van der Waals surface area contributed by atoms with E-state index in [0.717, 1.165) is 44.2 Å². The molecule has 7 heteroatoms. The van der Waals surface area contributed by atoms with Crippen LogP contribution in [0.15, 0.2) is 24.5 Å². The van der Waals surface area contributed by atoms with Crippen molar-refractivity contribution >= 4 is 17.7 Å². The molecular formula is C23H27N3O4. The number of nitrogens with zero attached hydrogens (tertiary/aromatic N) is 2. The van der Waals surface area contributed by atoms with Crippen LogP contribution in [0.2, 0.25) is 0 Å². The minimum atomic E-state index is -1.11. The number of anilines is 1. The summed E-state index contributed by atoms with van der Waals surface area (Å²) in [7, 11) is 0. The minimum Gasteiger partial charge on any atom is -0.460 e. The fourth-order valence-corrected chi connectivity index (χ4v) is 4.31. The van der Waals surface area contributed by atoms with E-state index < -0.39 is 18.2 Å². The number of benzene rings is 1. The molecule has 2 aromatic rings. The molecule has 2 aliphatic rings. The van der Waals surface area contributed by atoms with Crippen molar-refractivity contribution in [2.75, 3.05) is 5.32 Å². The molecule has 1 amide bonds. The van der Waals surface area contributed by atoms with Crippen molar-refractivity contribution < 1.29 is 19.1 Å². The summed E-state index contributed by atoms with van der Waals surface area (Å²) in [5, 5.41) is 2.96. The van der Waals surface area contributed by atoms with E-state index in [1.54, 1.807) is 32.3 Å². The molecule has 1 unspecified atom stereocenters. The van der Waals surface area contributed by atoms with Crippen LogP contribution in [-0.4, -0.2) is 34.2 Å². The Balaban J connectivity index is 1.53. The van der Waals surface area contributed by atoms with Gasteiger partial charge in [0.25, 0.3) is 0 Å². The summed E-state index contributed by atoms with van der Waals surface area (Å²) in [5.41, 5.74) is 5.94. The fourth-order valence-electron chi connectivity index (χ4n) is 4.31. The van der Waals surface area contributed by atoms with Gasteiger partial charge in [0.15, 0.2) is 0 Å². The van der Waals surface area contributed by atoms with Crippen molar-refractivity contribution in [3.63, 3.8) is 0 Å². The Morgan fingerprint density at radius 2 is 1.63 bits per heavy atom. The van der Waals surface area contributed by atoms with E-state index in [1.165, 1.54) is 22.3 Å². The Morgan fingerprint density at radius 1 is 1.00 bits per heavy atom. The number of hydrogen-bond donors (Lipinski definition) is 1. The Morgan fingerprint density at radius 3 is 2.23 bits per heavy atom. The molecule has 158 valence electrons. The number of nitrogens with one attached hydrogen (secondary N) is 1. The number of amides is 1. The molecule has 0 spiro atoms. The van der Waals surface area contributed by atoms with Gasteiger partial charge in [0.1, 0.15) is 5.82 Å². The molecule has 0 saturated carbocycles. The maximum Gasteiger partial charge on any atom is 0.412 e. The predicted octanol–water partition coefficient (Wildman–Crippen LogP) is 3.57. The Bertz CT molecular complexity index is 911. The Labute approximate surface area is 176 Å². The fraction of sp³-hybridized carbons (Fsp3) is 0.478. The monoisotopic (exact) mass is 409 g/mol. The molecule has 7 nitrogen and oxygen atoms in total. The largest absolute Gasteiger partial charge is 0.460 e. The summed E-state index contributed by atoms with van der Waals surface area (Å²) in [6, 6.07) is 3.99. The summed E-state index contributed by atoms with van der Waals surface area (Å²) >= 11 is 0. The number of ether oxygens (including phenoxy) is 2. The Hall–Kier alpha value is -2.96. The molecule has 1 aromatic heterocycles. The zero-order chi connectivity index (χ0) is 21.1. The molecule has 0 bridgehead atoms. The third-order valence-electron chi connectivity index (χ3n) is 5.55. The molecule has 1 heterocycles. The summed E-state index contributed by atoms with van der Waals surface area (Å²) in [6.07, 6.45) is 7.34. The van der Waals surface area contributed by atoms with Gasteiger partial charge in [-0.25, -0.2) is 19.6 Å². The third-order valence-corrected chi connectivity index (χ3v) is 5.55. The van der Waals surface area contributed by atoms with Crippen molar-refractivity contribution in [1.29, 1.82) is 0 Å². The molecule has 30 heavy (non-hydrogen) atoms.